The molecular formula is C15H17N5OS. The maximum atomic E-state index is 10.2. The van der Waals surface area contributed by atoms with Crippen LogP contribution in [0.15, 0.2) is 54.6 Å². The van der Waals surface area contributed by atoms with Crippen molar-refractivity contribution in [2.75, 3.05) is 22.8 Å². The van der Waals surface area contributed by atoms with Gasteiger partial charge in [0.05, 0.1) is 11.4 Å². The minimum Gasteiger partial charge on any atom is -0.331 e. The van der Waals surface area contributed by atoms with Gasteiger partial charge in [-0.2, -0.15) is 0 Å². The Morgan fingerprint density at radius 2 is 1.68 bits per heavy atom. The first-order valence-electron chi connectivity index (χ1n) is 6.60. The predicted molar refractivity (Wildman–Crippen MR) is 93.5 cm³/mol. The van der Waals surface area contributed by atoms with E-state index in [1.165, 1.54) is 0 Å². The summed E-state index contributed by atoms with van der Waals surface area (Å²) in [7, 11) is 1.89. The highest BCUT2D eigenvalue weighted by Gasteiger charge is 2.02. The van der Waals surface area contributed by atoms with Gasteiger partial charge in [0.25, 0.3) is 0 Å². The molecule has 0 heterocycles. The standard InChI is InChI=1S/C15H17N5OS/c1-20(14-5-3-2-4-6-14)19-15(22)17-12-7-9-13(10-8-12)18-16-11-21/h2-11,18H,1H3,(H,16,21)(H2,17,19,22). The summed E-state index contributed by atoms with van der Waals surface area (Å²) < 4.78 is 0. The van der Waals surface area contributed by atoms with Crippen molar-refractivity contribution in [1.82, 2.24) is 10.9 Å². The molecule has 0 aliphatic heterocycles. The summed E-state index contributed by atoms with van der Waals surface area (Å²) in [5.74, 6) is 0. The third-order valence-corrected chi connectivity index (χ3v) is 3.02. The lowest BCUT2D eigenvalue weighted by Crippen LogP contribution is -2.41. The van der Waals surface area contributed by atoms with E-state index in [4.69, 9.17) is 12.2 Å². The normalized spacial score (nSPS) is 9.50. The van der Waals surface area contributed by atoms with Crippen molar-refractivity contribution in [3.8, 4) is 0 Å². The molecule has 4 N–H and O–H groups in total. The number of anilines is 3. The van der Waals surface area contributed by atoms with E-state index in [1.807, 2.05) is 66.7 Å². The minimum atomic E-state index is 0.484. The number of benzene rings is 2. The van der Waals surface area contributed by atoms with E-state index < -0.39 is 0 Å². The Morgan fingerprint density at radius 3 is 2.32 bits per heavy atom. The number of hydrogen-bond donors (Lipinski definition) is 4. The van der Waals surface area contributed by atoms with Gasteiger partial charge in [0, 0.05) is 12.7 Å². The summed E-state index contributed by atoms with van der Waals surface area (Å²) in [5, 5.41) is 5.40. The number of hydrazine groups is 2. The topological polar surface area (TPSA) is 68.4 Å². The van der Waals surface area contributed by atoms with E-state index in [0.717, 1.165) is 17.1 Å². The van der Waals surface area contributed by atoms with Gasteiger partial charge in [0.15, 0.2) is 5.11 Å². The van der Waals surface area contributed by atoms with E-state index in [1.54, 1.807) is 0 Å². The Labute approximate surface area is 134 Å². The number of para-hydroxylation sites is 1. The molecule has 0 saturated carbocycles. The summed E-state index contributed by atoms with van der Waals surface area (Å²) in [5.41, 5.74) is 10.8. The largest absolute Gasteiger partial charge is 0.331 e. The third kappa shape index (κ3) is 4.64. The molecule has 0 fully saturated rings. The zero-order valence-electron chi connectivity index (χ0n) is 12.0. The van der Waals surface area contributed by atoms with Gasteiger partial charge in [-0.25, -0.2) is 0 Å². The van der Waals surface area contributed by atoms with Crippen LogP contribution in [0.5, 0.6) is 0 Å². The molecular weight excluding hydrogens is 298 g/mol. The molecule has 114 valence electrons. The number of carbonyl (C=O) groups is 1. The lowest BCUT2D eigenvalue weighted by Gasteiger charge is -2.22. The van der Waals surface area contributed by atoms with Gasteiger partial charge in [-0.05, 0) is 48.6 Å². The van der Waals surface area contributed by atoms with Crippen LogP contribution in [0, 0.1) is 0 Å². The van der Waals surface area contributed by atoms with Crippen LogP contribution in [-0.2, 0) is 4.79 Å². The van der Waals surface area contributed by atoms with E-state index in [2.05, 4.69) is 21.6 Å². The number of nitrogens with zero attached hydrogens (tertiary/aromatic N) is 1. The van der Waals surface area contributed by atoms with Gasteiger partial charge in [0.2, 0.25) is 6.41 Å². The number of rotatable bonds is 6. The van der Waals surface area contributed by atoms with Gasteiger partial charge >= 0.3 is 0 Å². The highest BCUT2D eigenvalue weighted by molar-refractivity contribution is 7.80. The molecule has 0 radical (unpaired) electrons. The first-order chi connectivity index (χ1) is 10.7. The van der Waals surface area contributed by atoms with Crippen LogP contribution >= 0.6 is 12.2 Å². The van der Waals surface area contributed by atoms with Gasteiger partial charge in [-0.1, -0.05) is 18.2 Å². The third-order valence-electron chi connectivity index (χ3n) is 2.83. The summed E-state index contributed by atoms with van der Waals surface area (Å²) in [4.78, 5) is 10.2. The second-order valence-corrected chi connectivity index (χ2v) is 4.83. The number of hydrogen-bond acceptors (Lipinski definition) is 4. The fourth-order valence-electron chi connectivity index (χ4n) is 1.78. The first-order valence-corrected chi connectivity index (χ1v) is 7.01. The van der Waals surface area contributed by atoms with Gasteiger partial charge in [0.1, 0.15) is 0 Å². The Bertz CT molecular complexity index is 618. The van der Waals surface area contributed by atoms with Crippen LogP contribution in [-0.4, -0.2) is 18.6 Å². The molecule has 0 spiro atoms. The van der Waals surface area contributed by atoms with Crippen molar-refractivity contribution < 1.29 is 4.79 Å². The molecule has 6 nitrogen and oxygen atoms in total. The van der Waals surface area contributed by atoms with E-state index in [9.17, 15) is 4.79 Å². The highest BCUT2D eigenvalue weighted by atomic mass is 32.1. The van der Waals surface area contributed by atoms with Crippen molar-refractivity contribution in [1.29, 1.82) is 0 Å². The van der Waals surface area contributed by atoms with E-state index >= 15 is 0 Å². The quantitative estimate of drug-likeness (QED) is 0.372. The fraction of sp³-hybridized carbons (Fsp3) is 0.0667. The summed E-state index contributed by atoms with van der Waals surface area (Å²) >= 11 is 5.28. The molecule has 0 saturated heterocycles. The number of carbonyl (C=O) groups excluding carboxylic acids is 1. The van der Waals surface area contributed by atoms with Crippen LogP contribution in [0.2, 0.25) is 0 Å². The number of thiocarbonyl (C=S) groups is 1. The van der Waals surface area contributed by atoms with Crippen molar-refractivity contribution in [3.05, 3.63) is 54.6 Å². The lowest BCUT2D eigenvalue weighted by atomic mass is 10.3. The molecule has 0 bridgehead atoms. The molecule has 2 aromatic rings. The maximum absolute atomic E-state index is 10.2. The molecule has 2 aromatic carbocycles. The zero-order chi connectivity index (χ0) is 15.8. The molecule has 1 amide bonds. The average Bonchev–Trinajstić information content (AvgIpc) is 2.55. The molecule has 22 heavy (non-hydrogen) atoms. The summed E-state index contributed by atoms with van der Waals surface area (Å²) in [6.45, 7) is 0. The van der Waals surface area contributed by atoms with E-state index in [0.29, 0.717) is 11.5 Å². The van der Waals surface area contributed by atoms with Crippen LogP contribution in [0.4, 0.5) is 17.1 Å². The van der Waals surface area contributed by atoms with Crippen LogP contribution in [0.1, 0.15) is 0 Å². The molecule has 0 aliphatic rings. The number of nitrogens with one attached hydrogen (secondary N) is 4. The van der Waals surface area contributed by atoms with Gasteiger partial charge < -0.3 is 5.32 Å². The average molecular weight is 315 g/mol. The molecule has 2 rings (SSSR count). The Morgan fingerprint density at radius 1 is 1.05 bits per heavy atom. The smallest absolute Gasteiger partial charge is 0.225 e. The second kappa shape index (κ2) is 7.84. The first kappa shape index (κ1) is 15.6. The van der Waals surface area contributed by atoms with Crippen LogP contribution < -0.4 is 26.6 Å². The molecule has 0 unspecified atom stereocenters. The minimum absolute atomic E-state index is 0.484. The molecule has 0 atom stereocenters. The van der Waals surface area contributed by atoms with Crippen LogP contribution in [0.25, 0.3) is 0 Å². The Balaban J connectivity index is 1.87. The molecule has 0 aromatic heterocycles. The lowest BCUT2D eigenvalue weighted by molar-refractivity contribution is -0.109. The fourth-order valence-corrected chi connectivity index (χ4v) is 2.03. The SMILES string of the molecule is CN(NC(=S)Nc1ccc(NNC=O)cc1)c1ccccc1. The van der Waals surface area contributed by atoms with Crippen molar-refractivity contribution in [3.63, 3.8) is 0 Å². The molecule has 0 aliphatic carbocycles. The zero-order valence-corrected chi connectivity index (χ0v) is 12.9. The van der Waals surface area contributed by atoms with Crippen LogP contribution in [0.3, 0.4) is 0 Å². The number of amides is 1. The summed E-state index contributed by atoms with van der Waals surface area (Å²) in [6, 6.07) is 17.2. The Kier molecular flexibility index (Phi) is 5.56. The van der Waals surface area contributed by atoms with Crippen molar-refractivity contribution in [2.24, 2.45) is 0 Å². The van der Waals surface area contributed by atoms with Crippen molar-refractivity contribution >= 4 is 40.8 Å². The van der Waals surface area contributed by atoms with Gasteiger partial charge in [-0.15, -0.1) is 0 Å². The van der Waals surface area contributed by atoms with E-state index in [-0.39, 0.29) is 0 Å². The van der Waals surface area contributed by atoms with Gasteiger partial charge in [-0.3, -0.25) is 26.1 Å². The monoisotopic (exact) mass is 315 g/mol. The van der Waals surface area contributed by atoms with Crippen molar-refractivity contribution in [2.45, 2.75) is 0 Å². The maximum Gasteiger partial charge on any atom is 0.225 e. The second-order valence-electron chi connectivity index (χ2n) is 4.43. The Hall–Kier alpha value is -2.80. The predicted octanol–water partition coefficient (Wildman–Crippen LogP) is 2.10. The molecule has 7 heteroatoms. The highest BCUT2D eigenvalue weighted by Crippen LogP contribution is 2.13. The summed E-state index contributed by atoms with van der Waals surface area (Å²) in [6.07, 6.45) is 0.574.